The number of hydrogen-bond donors (Lipinski definition) is 2. The zero-order valence-corrected chi connectivity index (χ0v) is 11.0. The van der Waals surface area contributed by atoms with Crippen molar-refractivity contribution in [2.75, 3.05) is 13.1 Å². The molecule has 18 heavy (non-hydrogen) atoms. The van der Waals surface area contributed by atoms with E-state index in [1.54, 1.807) is 12.1 Å². The number of rotatable bonds is 6. The first-order chi connectivity index (χ1) is 8.63. The Balaban J connectivity index is 2.29. The van der Waals surface area contributed by atoms with Crippen molar-refractivity contribution in [2.24, 2.45) is 0 Å². The van der Waals surface area contributed by atoms with E-state index in [4.69, 9.17) is 11.6 Å². The number of carbonyl (C=O) groups excluding carboxylic acids is 2. The van der Waals surface area contributed by atoms with E-state index in [0.717, 1.165) is 6.42 Å². The van der Waals surface area contributed by atoms with Gasteiger partial charge >= 0.3 is 0 Å². The van der Waals surface area contributed by atoms with Crippen LogP contribution < -0.4 is 10.6 Å². The summed E-state index contributed by atoms with van der Waals surface area (Å²) in [6.45, 7) is 2.94. The van der Waals surface area contributed by atoms with Crippen molar-refractivity contribution in [1.29, 1.82) is 0 Å². The first-order valence-electron chi connectivity index (χ1n) is 5.80. The van der Waals surface area contributed by atoms with Crippen LogP contribution in [-0.2, 0) is 4.79 Å². The van der Waals surface area contributed by atoms with E-state index in [9.17, 15) is 9.59 Å². The number of aromatic nitrogens is 1. The largest absolute Gasteiger partial charge is 0.356 e. The number of pyridine rings is 1. The molecule has 0 atom stereocenters. The number of halogens is 1. The Morgan fingerprint density at radius 2 is 2.06 bits per heavy atom. The van der Waals surface area contributed by atoms with Gasteiger partial charge < -0.3 is 10.6 Å². The third-order valence-electron chi connectivity index (χ3n) is 2.20. The summed E-state index contributed by atoms with van der Waals surface area (Å²) in [6.07, 6.45) is 2.57. The van der Waals surface area contributed by atoms with Crippen molar-refractivity contribution in [3.63, 3.8) is 0 Å². The van der Waals surface area contributed by atoms with Crippen molar-refractivity contribution in [3.8, 4) is 0 Å². The van der Waals surface area contributed by atoms with Gasteiger partial charge in [-0.05, 0) is 18.6 Å². The van der Waals surface area contributed by atoms with E-state index in [1.165, 1.54) is 6.20 Å². The molecule has 1 aromatic rings. The van der Waals surface area contributed by atoms with Gasteiger partial charge in [-0.1, -0.05) is 18.5 Å². The molecule has 0 saturated heterocycles. The van der Waals surface area contributed by atoms with Crippen LogP contribution in [-0.4, -0.2) is 29.9 Å². The molecule has 0 fully saturated rings. The Morgan fingerprint density at radius 1 is 1.28 bits per heavy atom. The Labute approximate surface area is 111 Å². The van der Waals surface area contributed by atoms with E-state index < -0.39 is 0 Å². The number of amides is 2. The maximum atomic E-state index is 11.6. The monoisotopic (exact) mass is 269 g/mol. The molecule has 5 nitrogen and oxygen atoms in total. The minimum absolute atomic E-state index is 0.0635. The second-order valence-corrected chi connectivity index (χ2v) is 4.11. The van der Waals surface area contributed by atoms with Gasteiger partial charge in [0.2, 0.25) is 5.91 Å². The highest BCUT2D eigenvalue weighted by molar-refractivity contribution is 6.29. The summed E-state index contributed by atoms with van der Waals surface area (Å²) in [5.74, 6) is -0.325. The summed E-state index contributed by atoms with van der Waals surface area (Å²) in [6, 6.07) is 3.13. The highest BCUT2D eigenvalue weighted by Gasteiger charge is 2.06. The lowest BCUT2D eigenvalue weighted by molar-refractivity contribution is -0.120. The Hall–Kier alpha value is -1.62. The van der Waals surface area contributed by atoms with Gasteiger partial charge in [-0.3, -0.25) is 9.59 Å². The molecule has 0 unspecified atom stereocenters. The van der Waals surface area contributed by atoms with Gasteiger partial charge in [0.25, 0.3) is 5.91 Å². The van der Waals surface area contributed by atoms with E-state index >= 15 is 0 Å². The predicted molar refractivity (Wildman–Crippen MR) is 69.5 cm³/mol. The summed E-state index contributed by atoms with van der Waals surface area (Å²) in [5, 5.41) is 5.71. The maximum Gasteiger partial charge on any atom is 0.252 e. The smallest absolute Gasteiger partial charge is 0.252 e. The van der Waals surface area contributed by atoms with Crippen molar-refractivity contribution in [3.05, 3.63) is 29.0 Å². The molecule has 6 heteroatoms. The molecular formula is C12H16ClN3O2. The molecule has 0 spiro atoms. The number of hydrogen-bond acceptors (Lipinski definition) is 3. The van der Waals surface area contributed by atoms with Crippen molar-refractivity contribution >= 4 is 23.4 Å². The molecule has 1 heterocycles. The third-order valence-corrected chi connectivity index (χ3v) is 2.42. The molecular weight excluding hydrogens is 254 g/mol. The standard InChI is InChI=1S/C12H16ClN3O2/c1-2-6-14-11(17)5-7-15-12(18)9-3-4-10(13)16-8-9/h3-4,8H,2,5-7H2,1H3,(H,14,17)(H,15,18). The van der Waals surface area contributed by atoms with E-state index in [1.807, 2.05) is 6.92 Å². The lowest BCUT2D eigenvalue weighted by atomic mass is 10.2. The molecule has 1 rings (SSSR count). The fraction of sp³-hybridized carbons (Fsp3) is 0.417. The topological polar surface area (TPSA) is 71.1 Å². The quantitative estimate of drug-likeness (QED) is 0.767. The van der Waals surface area contributed by atoms with Gasteiger partial charge in [0.1, 0.15) is 5.15 Å². The Bertz CT molecular complexity index is 406. The summed E-state index contributed by atoms with van der Waals surface area (Å²) in [4.78, 5) is 26.7. The third kappa shape index (κ3) is 5.14. The number of carbonyl (C=O) groups is 2. The highest BCUT2D eigenvalue weighted by Crippen LogP contribution is 2.04. The lowest BCUT2D eigenvalue weighted by Crippen LogP contribution is -2.31. The molecule has 0 aromatic carbocycles. The lowest BCUT2D eigenvalue weighted by Gasteiger charge is -2.05. The van der Waals surface area contributed by atoms with Crippen LogP contribution in [0.15, 0.2) is 18.3 Å². The van der Waals surface area contributed by atoms with Gasteiger partial charge in [0.15, 0.2) is 0 Å². The van der Waals surface area contributed by atoms with Crippen LogP contribution in [0.1, 0.15) is 30.1 Å². The molecule has 0 radical (unpaired) electrons. The fourth-order valence-electron chi connectivity index (χ4n) is 1.25. The van der Waals surface area contributed by atoms with Gasteiger partial charge in [0, 0.05) is 25.7 Å². The van der Waals surface area contributed by atoms with Gasteiger partial charge in [0.05, 0.1) is 5.56 Å². The van der Waals surface area contributed by atoms with Gasteiger partial charge in [-0.2, -0.15) is 0 Å². The first kappa shape index (κ1) is 14.4. The number of nitrogens with one attached hydrogen (secondary N) is 2. The zero-order chi connectivity index (χ0) is 13.4. The number of nitrogens with zero attached hydrogens (tertiary/aromatic N) is 1. The molecule has 0 aliphatic rings. The van der Waals surface area contributed by atoms with Crippen molar-refractivity contribution < 1.29 is 9.59 Å². The first-order valence-corrected chi connectivity index (χ1v) is 6.17. The van der Waals surface area contributed by atoms with Crippen molar-refractivity contribution in [2.45, 2.75) is 19.8 Å². The average Bonchev–Trinajstić information content (AvgIpc) is 2.37. The Morgan fingerprint density at radius 3 is 2.67 bits per heavy atom. The van der Waals surface area contributed by atoms with Gasteiger partial charge in [-0.15, -0.1) is 0 Å². The predicted octanol–water partition coefficient (Wildman–Crippen LogP) is 1.38. The minimum atomic E-state index is -0.262. The van der Waals surface area contributed by atoms with Crippen LogP contribution in [0.5, 0.6) is 0 Å². The van der Waals surface area contributed by atoms with Crippen LogP contribution in [0.25, 0.3) is 0 Å². The minimum Gasteiger partial charge on any atom is -0.356 e. The van der Waals surface area contributed by atoms with Gasteiger partial charge in [-0.25, -0.2) is 4.98 Å². The zero-order valence-electron chi connectivity index (χ0n) is 10.2. The highest BCUT2D eigenvalue weighted by atomic mass is 35.5. The van der Waals surface area contributed by atoms with Crippen LogP contribution in [0, 0.1) is 0 Å². The molecule has 1 aromatic heterocycles. The van der Waals surface area contributed by atoms with E-state index in [2.05, 4.69) is 15.6 Å². The summed E-state index contributed by atoms with van der Waals surface area (Å²) < 4.78 is 0. The fourth-order valence-corrected chi connectivity index (χ4v) is 1.37. The maximum absolute atomic E-state index is 11.6. The van der Waals surface area contributed by atoms with E-state index in [0.29, 0.717) is 23.8 Å². The second kappa shape index (κ2) is 7.66. The van der Waals surface area contributed by atoms with Crippen LogP contribution >= 0.6 is 11.6 Å². The van der Waals surface area contributed by atoms with E-state index in [-0.39, 0.29) is 18.2 Å². The summed E-state index contributed by atoms with van der Waals surface area (Å²) >= 11 is 5.62. The van der Waals surface area contributed by atoms with Crippen LogP contribution in [0.3, 0.4) is 0 Å². The molecule has 2 amide bonds. The SMILES string of the molecule is CCCNC(=O)CCNC(=O)c1ccc(Cl)nc1. The normalized spacial score (nSPS) is 9.89. The molecule has 0 aliphatic carbocycles. The molecule has 98 valence electrons. The summed E-state index contributed by atoms with van der Waals surface area (Å²) in [5.41, 5.74) is 0.424. The Kier molecular flexibility index (Phi) is 6.14. The molecule has 0 bridgehead atoms. The molecule has 2 N–H and O–H groups in total. The average molecular weight is 270 g/mol. The van der Waals surface area contributed by atoms with Crippen LogP contribution in [0.2, 0.25) is 5.15 Å². The summed E-state index contributed by atoms with van der Waals surface area (Å²) in [7, 11) is 0. The molecule has 0 aliphatic heterocycles. The second-order valence-electron chi connectivity index (χ2n) is 3.73. The van der Waals surface area contributed by atoms with Crippen molar-refractivity contribution in [1.82, 2.24) is 15.6 Å². The molecule has 0 saturated carbocycles. The van der Waals surface area contributed by atoms with Crippen LogP contribution in [0.4, 0.5) is 0 Å².